The molecule has 5 radical (unpaired) electrons. The predicted octanol–water partition coefficient (Wildman–Crippen LogP) is 7.09. The molecule has 5 fully saturated rings. The normalized spacial score (nSPS) is 45.2. The molecule has 5 aliphatic carbocycles. The van der Waals surface area contributed by atoms with Gasteiger partial charge >= 0.3 is 42.6 Å². The van der Waals surface area contributed by atoms with Crippen molar-refractivity contribution in [1.82, 2.24) is 0 Å². The Morgan fingerprint density at radius 1 is 0.875 bits per heavy atom. The molecule has 0 aliphatic heterocycles. The Morgan fingerprint density at radius 3 is 2.08 bits per heavy atom. The Hall–Kier alpha value is 1.58. The van der Waals surface area contributed by atoms with Crippen molar-refractivity contribution in [3.63, 3.8) is 0 Å². The fourth-order valence-corrected chi connectivity index (χ4v) is 7.00. The molecule has 0 heterocycles. The van der Waals surface area contributed by atoms with Crippen molar-refractivity contribution in [2.75, 3.05) is 0 Å². The van der Waals surface area contributed by atoms with Crippen LogP contribution in [0, 0.1) is 64.1 Å². The molecule has 4 atom stereocenters. The second kappa shape index (κ2) is 5.79. The Kier molecular flexibility index (Phi) is 4.57. The quantitative estimate of drug-likeness (QED) is 0.366. The third-order valence-corrected chi connectivity index (χ3v) is 8.62. The SMILES string of the molecule is CC1(C)C2CCC1[C]1[C]2[CH][C]2[C]1C1CCC2(C)C1(C)C.[Cl][Ti]([Cl])[Cl]. The van der Waals surface area contributed by atoms with E-state index in [1.54, 1.807) is 11.8 Å². The van der Waals surface area contributed by atoms with Gasteiger partial charge in [-0.25, -0.2) is 0 Å². The maximum atomic E-state index is 4.97. The van der Waals surface area contributed by atoms with Crippen molar-refractivity contribution in [2.24, 2.45) is 34.0 Å². The van der Waals surface area contributed by atoms with Gasteiger partial charge in [-0.3, -0.25) is 0 Å². The molecule has 4 bridgehead atoms. The molecule has 0 N–H and O–H groups in total. The summed E-state index contributed by atoms with van der Waals surface area (Å²) >= 11 is -1.92. The Morgan fingerprint density at radius 2 is 1.46 bits per heavy atom. The molecule has 5 saturated carbocycles. The van der Waals surface area contributed by atoms with Crippen molar-refractivity contribution in [3.8, 4) is 0 Å². The Labute approximate surface area is 166 Å². The van der Waals surface area contributed by atoms with E-state index < -0.39 is 14.7 Å². The molecule has 4 heteroatoms. The zero-order chi connectivity index (χ0) is 17.7. The molecule has 0 nitrogen and oxygen atoms in total. The molecule has 0 aromatic carbocycles. The first-order valence-electron chi connectivity index (χ1n) is 9.20. The first-order chi connectivity index (χ1) is 11.0. The van der Waals surface area contributed by atoms with Crippen LogP contribution in [0.4, 0.5) is 0 Å². The summed E-state index contributed by atoms with van der Waals surface area (Å²) in [6.45, 7) is 12.7. The average molecular weight is 422 g/mol. The number of hydrogen-bond donors (Lipinski definition) is 0. The van der Waals surface area contributed by atoms with Crippen molar-refractivity contribution < 1.29 is 14.7 Å². The van der Waals surface area contributed by atoms with E-state index in [-0.39, 0.29) is 0 Å². The summed E-state index contributed by atoms with van der Waals surface area (Å²) in [4.78, 5) is 0. The van der Waals surface area contributed by atoms with Crippen LogP contribution < -0.4 is 0 Å². The van der Waals surface area contributed by atoms with Crippen LogP contribution in [0.3, 0.4) is 0 Å². The zero-order valence-corrected chi connectivity index (χ0v) is 19.1. The monoisotopic (exact) mass is 420 g/mol. The van der Waals surface area contributed by atoms with Gasteiger partial charge in [-0.1, -0.05) is 34.6 Å². The van der Waals surface area contributed by atoms with Gasteiger partial charge in [0.2, 0.25) is 0 Å². The summed E-state index contributed by atoms with van der Waals surface area (Å²) in [5.41, 5.74) is 1.48. The summed E-state index contributed by atoms with van der Waals surface area (Å²) in [6.07, 6.45) is 8.42. The summed E-state index contributed by atoms with van der Waals surface area (Å²) in [5.74, 6) is 9.83. The molecular weight excluding hydrogens is 394 g/mol. The van der Waals surface area contributed by atoms with Crippen LogP contribution in [0.5, 0.6) is 0 Å². The van der Waals surface area contributed by atoms with Crippen LogP contribution in [-0.4, -0.2) is 0 Å². The van der Waals surface area contributed by atoms with E-state index >= 15 is 0 Å². The Bertz CT molecular complexity index is 528. The second-order valence-electron chi connectivity index (χ2n) is 9.70. The van der Waals surface area contributed by atoms with Gasteiger partial charge in [0, 0.05) is 0 Å². The summed E-state index contributed by atoms with van der Waals surface area (Å²) in [5, 5.41) is 0. The van der Waals surface area contributed by atoms with Crippen molar-refractivity contribution >= 4 is 27.9 Å². The van der Waals surface area contributed by atoms with Gasteiger partial charge in [0.1, 0.15) is 0 Å². The number of fused-ring (bicyclic) bond motifs is 11. The first-order valence-corrected chi connectivity index (χ1v) is 15.7. The van der Waals surface area contributed by atoms with E-state index in [4.69, 9.17) is 27.9 Å². The van der Waals surface area contributed by atoms with Gasteiger partial charge < -0.3 is 0 Å². The number of rotatable bonds is 0. The van der Waals surface area contributed by atoms with Gasteiger partial charge in [-0.2, -0.15) is 0 Å². The van der Waals surface area contributed by atoms with E-state index in [0.717, 1.165) is 17.8 Å². The van der Waals surface area contributed by atoms with Gasteiger partial charge in [-0.05, 0) is 89.8 Å². The van der Waals surface area contributed by atoms with Crippen LogP contribution in [0.15, 0.2) is 0 Å². The molecular formula is C20H27Cl3Ti. The van der Waals surface area contributed by atoms with Crippen LogP contribution in [0.25, 0.3) is 0 Å². The number of hydrogen-bond acceptors (Lipinski definition) is 0. The molecule has 132 valence electrons. The molecule has 4 unspecified atom stereocenters. The van der Waals surface area contributed by atoms with Gasteiger partial charge in [0.05, 0.1) is 0 Å². The summed E-state index contributed by atoms with van der Waals surface area (Å²) in [7, 11) is 14.9. The molecule has 0 aromatic rings. The maximum absolute atomic E-state index is 4.97. The molecule has 0 amide bonds. The second-order valence-corrected chi connectivity index (χ2v) is 17.4. The molecule has 24 heavy (non-hydrogen) atoms. The predicted molar refractivity (Wildman–Crippen MR) is 99.4 cm³/mol. The van der Waals surface area contributed by atoms with Crippen LogP contribution in [-0.2, 0) is 14.7 Å². The minimum atomic E-state index is -1.92. The van der Waals surface area contributed by atoms with Crippen LogP contribution >= 0.6 is 27.9 Å². The van der Waals surface area contributed by atoms with E-state index in [1.165, 1.54) is 25.7 Å². The molecule has 0 aromatic heterocycles. The summed E-state index contributed by atoms with van der Waals surface area (Å²) in [6, 6.07) is 0. The third kappa shape index (κ3) is 2.22. The van der Waals surface area contributed by atoms with Gasteiger partial charge in [0.15, 0.2) is 0 Å². The zero-order valence-electron chi connectivity index (χ0n) is 15.3. The molecule has 5 rings (SSSR count). The van der Waals surface area contributed by atoms with Crippen molar-refractivity contribution in [1.29, 1.82) is 0 Å². The third-order valence-electron chi connectivity index (χ3n) is 8.62. The molecule has 0 spiro atoms. The average Bonchev–Trinajstić information content (AvgIpc) is 3.12. The van der Waals surface area contributed by atoms with E-state index in [0.29, 0.717) is 16.2 Å². The van der Waals surface area contributed by atoms with Gasteiger partial charge in [-0.15, -0.1) is 0 Å². The van der Waals surface area contributed by atoms with Gasteiger partial charge in [0.25, 0.3) is 0 Å². The first kappa shape index (κ1) is 18.9. The van der Waals surface area contributed by atoms with Crippen LogP contribution in [0.1, 0.15) is 60.3 Å². The topological polar surface area (TPSA) is 0 Å². The van der Waals surface area contributed by atoms with Crippen molar-refractivity contribution in [3.05, 3.63) is 30.1 Å². The standard InChI is InChI=1S/C20H27.3ClH.Ti/c1-18(2)12-6-7-13(18)16-11(12)10-15-17(16)14-8-9-20(15,5)19(14,3)4;;;;/h10,12-14H,6-9H2,1-5H3;3*1H;/q;;;;+3/p-3. The summed E-state index contributed by atoms with van der Waals surface area (Å²) < 4.78 is 0. The molecule has 5 aliphatic rings. The van der Waals surface area contributed by atoms with E-state index in [2.05, 4.69) is 41.0 Å². The van der Waals surface area contributed by atoms with Crippen molar-refractivity contribution in [2.45, 2.75) is 60.3 Å². The van der Waals surface area contributed by atoms with E-state index in [9.17, 15) is 0 Å². The molecule has 0 saturated heterocycles. The van der Waals surface area contributed by atoms with Crippen LogP contribution in [0.2, 0.25) is 0 Å². The Balaban J connectivity index is 0.000000332. The number of halogens is 3. The van der Waals surface area contributed by atoms with E-state index in [1.807, 2.05) is 11.8 Å². The minimum absolute atomic E-state index is 0.459. The fourth-order valence-electron chi connectivity index (χ4n) is 7.00. The fraction of sp³-hybridized carbons (Fsp3) is 0.750.